The monoisotopic (exact) mass is 1030 g/mol. The summed E-state index contributed by atoms with van der Waals surface area (Å²) >= 11 is 1.44. The first-order valence-electron chi connectivity index (χ1n) is 30.8. The van der Waals surface area contributed by atoms with Gasteiger partial charge in [0.2, 0.25) is 0 Å². The van der Waals surface area contributed by atoms with E-state index in [1.54, 1.807) is 0 Å². The van der Waals surface area contributed by atoms with Crippen LogP contribution in [0.2, 0.25) is 0 Å². The molecule has 2 aliphatic rings. The van der Waals surface area contributed by atoms with Crippen LogP contribution in [0.4, 0.5) is 0 Å². The van der Waals surface area contributed by atoms with Crippen molar-refractivity contribution >= 4 is 41.4 Å². The SMILES string of the molecule is CCCCCCCCCCCC(=O)OC[C@H]1O[C@@H](SC2CCCCC(=O)C2)[C@H](OC(=O)CCCCCCCCCCC)[C@@H](OC(=O)CCCCCCCCCCC)[C@H]1OC(=O)CCCCCCCCCCC. The van der Waals surface area contributed by atoms with Crippen LogP contribution in [0.15, 0.2) is 0 Å². The molecule has 420 valence electrons. The molecule has 11 heteroatoms. The summed E-state index contributed by atoms with van der Waals surface area (Å²) in [7, 11) is 0. The Balaban J connectivity index is 2.36. The van der Waals surface area contributed by atoms with Crippen LogP contribution in [0.5, 0.6) is 0 Å². The lowest BCUT2D eigenvalue weighted by atomic mass is 9.98. The molecule has 1 saturated heterocycles. The van der Waals surface area contributed by atoms with Crippen LogP contribution in [0.3, 0.4) is 0 Å². The molecule has 1 aliphatic heterocycles. The van der Waals surface area contributed by atoms with Gasteiger partial charge in [0.1, 0.15) is 23.9 Å². The molecule has 10 nitrogen and oxygen atoms in total. The van der Waals surface area contributed by atoms with Crippen molar-refractivity contribution < 1.29 is 47.7 Å². The van der Waals surface area contributed by atoms with Gasteiger partial charge in [0.05, 0.1) is 0 Å². The van der Waals surface area contributed by atoms with Crippen molar-refractivity contribution in [2.45, 2.75) is 352 Å². The average molecular weight is 1040 g/mol. The van der Waals surface area contributed by atoms with Crippen LogP contribution in [-0.2, 0) is 47.7 Å². The van der Waals surface area contributed by atoms with Gasteiger partial charge in [-0.15, -0.1) is 11.8 Å². The topological polar surface area (TPSA) is 132 Å². The first-order chi connectivity index (χ1) is 35.2. The van der Waals surface area contributed by atoms with Gasteiger partial charge >= 0.3 is 23.9 Å². The summed E-state index contributed by atoms with van der Waals surface area (Å²) in [6.45, 7) is 8.69. The molecule has 2 rings (SSSR count). The van der Waals surface area contributed by atoms with Crippen LogP contribution in [-0.4, -0.2) is 71.4 Å². The number of esters is 4. The quantitative estimate of drug-likeness (QED) is 0.0250. The van der Waals surface area contributed by atoms with Gasteiger partial charge < -0.3 is 23.7 Å². The number of carbonyl (C=O) groups excluding carboxylic acids is 5. The van der Waals surface area contributed by atoms with Crippen molar-refractivity contribution in [1.82, 2.24) is 0 Å². The van der Waals surface area contributed by atoms with E-state index in [-0.39, 0.29) is 49.3 Å². The summed E-state index contributed by atoms with van der Waals surface area (Å²) in [6, 6.07) is 0. The Morgan fingerprint density at radius 2 is 0.764 bits per heavy atom. The summed E-state index contributed by atoms with van der Waals surface area (Å²) in [4.78, 5) is 68.2. The molecule has 1 aliphatic carbocycles. The molecule has 0 bridgehead atoms. The molecule has 1 heterocycles. The second-order valence-electron chi connectivity index (χ2n) is 21.6. The molecular formula is C61H110O10S. The van der Waals surface area contributed by atoms with E-state index in [9.17, 15) is 24.0 Å². The van der Waals surface area contributed by atoms with Crippen LogP contribution in [0, 0.1) is 0 Å². The van der Waals surface area contributed by atoms with E-state index in [0.29, 0.717) is 32.1 Å². The van der Waals surface area contributed by atoms with Gasteiger partial charge in [0.25, 0.3) is 0 Å². The van der Waals surface area contributed by atoms with Gasteiger partial charge in [-0.1, -0.05) is 240 Å². The summed E-state index contributed by atoms with van der Waals surface area (Å²) in [5, 5.41) is -0.109. The van der Waals surface area contributed by atoms with Gasteiger partial charge in [-0.05, 0) is 38.5 Å². The Bertz CT molecular complexity index is 1360. The maximum atomic E-state index is 14.0. The molecule has 6 atom stereocenters. The van der Waals surface area contributed by atoms with E-state index in [4.69, 9.17) is 23.7 Å². The molecule has 2 fully saturated rings. The Labute approximate surface area is 445 Å². The summed E-state index contributed by atoms with van der Waals surface area (Å²) in [6.07, 6.45) is 39.8. The molecule has 0 aromatic heterocycles. The second kappa shape index (κ2) is 46.2. The fraction of sp³-hybridized carbons (Fsp3) is 0.918. The normalized spacial score (nSPS) is 20.2. The number of Topliss-reactive ketones (excluding diaryl/α,β-unsaturated/α-hetero) is 1. The number of thioether (sulfide) groups is 1. The van der Waals surface area contributed by atoms with Gasteiger partial charge in [-0.3, -0.25) is 24.0 Å². The van der Waals surface area contributed by atoms with Crippen molar-refractivity contribution in [2.24, 2.45) is 0 Å². The molecule has 1 saturated carbocycles. The van der Waals surface area contributed by atoms with Crippen molar-refractivity contribution in [2.75, 3.05) is 6.61 Å². The molecule has 0 amide bonds. The predicted molar refractivity (Wildman–Crippen MR) is 296 cm³/mol. The number of unbranched alkanes of at least 4 members (excludes halogenated alkanes) is 32. The number of ether oxygens (including phenoxy) is 5. The van der Waals surface area contributed by atoms with Crippen LogP contribution in [0.25, 0.3) is 0 Å². The lowest BCUT2D eigenvalue weighted by Crippen LogP contribution is -2.62. The third-order valence-corrected chi connectivity index (χ3v) is 16.2. The highest BCUT2D eigenvalue weighted by molar-refractivity contribution is 8.00. The minimum atomic E-state index is -1.19. The fourth-order valence-corrected chi connectivity index (χ4v) is 11.7. The molecular weight excluding hydrogens is 925 g/mol. The molecule has 72 heavy (non-hydrogen) atoms. The van der Waals surface area contributed by atoms with Crippen molar-refractivity contribution in [3.05, 3.63) is 0 Å². The lowest BCUT2D eigenvalue weighted by Gasteiger charge is -2.45. The van der Waals surface area contributed by atoms with E-state index >= 15 is 0 Å². The van der Waals surface area contributed by atoms with Crippen molar-refractivity contribution in [3.63, 3.8) is 0 Å². The summed E-state index contributed by atoms with van der Waals surface area (Å²) in [5.74, 6) is -1.47. The maximum absolute atomic E-state index is 14.0. The second-order valence-corrected chi connectivity index (χ2v) is 23.1. The fourth-order valence-electron chi connectivity index (χ4n) is 10.2. The highest BCUT2D eigenvalue weighted by Gasteiger charge is 2.53. The van der Waals surface area contributed by atoms with E-state index < -0.39 is 47.8 Å². The Hall–Kier alpha value is -2.14. The Morgan fingerprint density at radius 1 is 0.431 bits per heavy atom. The number of hydrogen-bond acceptors (Lipinski definition) is 11. The van der Waals surface area contributed by atoms with E-state index in [1.165, 1.54) is 140 Å². The number of hydrogen-bond donors (Lipinski definition) is 0. The number of carbonyl (C=O) groups is 5. The van der Waals surface area contributed by atoms with Gasteiger partial charge in [0, 0.05) is 43.8 Å². The van der Waals surface area contributed by atoms with Gasteiger partial charge in [-0.2, -0.15) is 0 Å². The lowest BCUT2D eigenvalue weighted by molar-refractivity contribution is -0.239. The zero-order chi connectivity index (χ0) is 52.1. The van der Waals surface area contributed by atoms with E-state index in [1.807, 2.05) is 0 Å². The molecule has 1 unspecified atom stereocenters. The standard InChI is InChI=1S/C61H110O10S/c1-5-9-13-17-21-25-29-33-37-45-54(63)67-50-53-58(69-55(64)46-38-34-30-26-22-18-14-10-6-2)59(70-56(65)47-39-35-31-27-23-19-15-11-7-3)60(61(68-53)72-52-44-42-41-43-51(62)49-52)71-57(66)48-40-36-32-28-24-20-16-12-8-4/h52-53,58-61H,5-50H2,1-4H3/t52?,53-,58+,59+,60-,61+/m1/s1. The largest absolute Gasteiger partial charge is 0.463 e. The highest BCUT2D eigenvalue weighted by Crippen LogP contribution is 2.39. The third-order valence-electron chi connectivity index (χ3n) is 14.8. The minimum absolute atomic E-state index is 0.109. The predicted octanol–water partition coefficient (Wildman–Crippen LogP) is 17.3. The molecule has 0 spiro atoms. The molecule has 0 aromatic rings. The van der Waals surface area contributed by atoms with Crippen LogP contribution in [0.1, 0.15) is 317 Å². The third kappa shape index (κ3) is 34.4. The summed E-state index contributed by atoms with van der Waals surface area (Å²) < 4.78 is 32.0. The minimum Gasteiger partial charge on any atom is -0.463 e. The maximum Gasteiger partial charge on any atom is 0.306 e. The van der Waals surface area contributed by atoms with E-state index in [0.717, 1.165) is 103 Å². The van der Waals surface area contributed by atoms with Crippen molar-refractivity contribution in [1.29, 1.82) is 0 Å². The number of rotatable bonds is 47. The highest BCUT2D eigenvalue weighted by atomic mass is 32.2. The Kier molecular flexibility index (Phi) is 42.3. The zero-order valence-electron chi connectivity index (χ0n) is 47.0. The zero-order valence-corrected chi connectivity index (χ0v) is 47.8. The summed E-state index contributed by atoms with van der Waals surface area (Å²) in [5.41, 5.74) is -0.855. The van der Waals surface area contributed by atoms with Crippen LogP contribution < -0.4 is 0 Å². The first kappa shape index (κ1) is 66.0. The number of ketones is 1. The van der Waals surface area contributed by atoms with Gasteiger partial charge in [0.15, 0.2) is 18.3 Å². The first-order valence-corrected chi connectivity index (χ1v) is 31.7. The molecule has 0 N–H and O–H groups in total. The average Bonchev–Trinajstić information content (AvgIpc) is 3.58. The Morgan fingerprint density at radius 3 is 1.15 bits per heavy atom. The van der Waals surface area contributed by atoms with Gasteiger partial charge in [-0.25, -0.2) is 0 Å². The van der Waals surface area contributed by atoms with Crippen molar-refractivity contribution in [3.8, 4) is 0 Å². The van der Waals surface area contributed by atoms with Crippen LogP contribution >= 0.6 is 11.8 Å². The molecule has 0 radical (unpaired) electrons. The molecule has 0 aromatic carbocycles. The smallest absolute Gasteiger partial charge is 0.306 e. The van der Waals surface area contributed by atoms with E-state index in [2.05, 4.69) is 27.7 Å².